The number of hydrogen-bond acceptors (Lipinski definition) is 3. The second-order valence-corrected chi connectivity index (χ2v) is 8.46. The van der Waals surface area contributed by atoms with Gasteiger partial charge in [-0.15, -0.1) is 0 Å². The first-order chi connectivity index (χ1) is 17.5. The molecule has 0 saturated heterocycles. The molecule has 0 aromatic heterocycles. The van der Waals surface area contributed by atoms with Crippen molar-refractivity contribution in [3.8, 4) is 0 Å². The van der Waals surface area contributed by atoms with Gasteiger partial charge >= 0.3 is 59.5 Å². The summed E-state index contributed by atoms with van der Waals surface area (Å²) >= 11 is 0. The van der Waals surface area contributed by atoms with E-state index in [2.05, 4.69) is 11.3 Å². The first-order valence-corrected chi connectivity index (χ1v) is 9.76. The fraction of sp³-hybridized carbons (Fsp3) is 0.833. The second-order valence-electron chi connectivity index (χ2n) is 8.46. The van der Waals surface area contributed by atoms with Gasteiger partial charge in [-0.25, -0.2) is 9.18 Å². The minimum Gasteiger partial charge on any atom is -0.460 e. The molecule has 0 fully saturated rings. The summed E-state index contributed by atoms with van der Waals surface area (Å²) in [4.78, 5) is 11.0. The number of aliphatic hydroxyl groups excluding tert-OH is 1. The fourth-order valence-corrected chi connectivity index (χ4v) is 2.55. The van der Waals surface area contributed by atoms with Crippen molar-refractivity contribution < 1.29 is 102 Å². The number of aliphatic hydroxyl groups is 1. The minimum atomic E-state index is -9.00. The third-order valence-corrected chi connectivity index (χ3v) is 5.21. The Morgan fingerprint density at radius 1 is 0.634 bits per heavy atom. The molecule has 0 saturated carbocycles. The summed E-state index contributed by atoms with van der Waals surface area (Å²) in [5, 5.41) is 9.15. The zero-order valence-corrected chi connectivity index (χ0v) is 19.5. The Bertz CT molecular complexity index is 980. The van der Waals surface area contributed by atoms with E-state index in [1.807, 2.05) is 0 Å². The zero-order chi connectivity index (χ0) is 33.9. The highest BCUT2D eigenvalue weighted by molar-refractivity contribution is 5.86. The first-order valence-electron chi connectivity index (χ1n) is 9.76. The number of halogens is 20. The molecular formula is C18H14F20O3. The van der Waals surface area contributed by atoms with Gasteiger partial charge in [0.15, 0.2) is 0 Å². The van der Waals surface area contributed by atoms with Crippen LogP contribution in [0.5, 0.6) is 0 Å². The maximum Gasteiger partial charge on any atom is 0.457 e. The van der Waals surface area contributed by atoms with Gasteiger partial charge in [0.05, 0.1) is 6.10 Å². The monoisotopic (exact) mass is 658 g/mol. The van der Waals surface area contributed by atoms with Crippen LogP contribution in [0.2, 0.25) is 0 Å². The number of carbonyl (C=O) groups is 1. The third kappa shape index (κ3) is 5.62. The molecule has 0 aliphatic heterocycles. The standard InChI is InChI=1S/C18H14F20O3/c1-6(2)8(40)41-5-7(39)4-10(20,21)13(26,27)15(30,31)17(34,35)16(32,33)14(28,29)11(22,23)9(3,19)12(24,25)18(36,37)38/h7,39H,1,4-5H2,2-3H3. The summed E-state index contributed by atoms with van der Waals surface area (Å²) in [6.45, 7) is 0.0215. The molecule has 2 unspecified atom stereocenters. The summed E-state index contributed by atoms with van der Waals surface area (Å²) in [6, 6.07) is 0. The van der Waals surface area contributed by atoms with Crippen LogP contribution >= 0.6 is 0 Å². The van der Waals surface area contributed by atoms with Crippen LogP contribution in [0.4, 0.5) is 87.8 Å². The Labute approximate surface area is 214 Å². The van der Waals surface area contributed by atoms with E-state index in [4.69, 9.17) is 5.11 Å². The summed E-state index contributed by atoms with van der Waals surface area (Å²) in [6.07, 6.45) is -14.1. The van der Waals surface area contributed by atoms with E-state index in [1.54, 1.807) is 0 Å². The average molecular weight is 658 g/mol. The van der Waals surface area contributed by atoms with Gasteiger partial charge in [0.1, 0.15) is 6.61 Å². The van der Waals surface area contributed by atoms with Gasteiger partial charge in [0.2, 0.25) is 5.67 Å². The normalized spacial score (nSPS) is 17.6. The molecular weight excluding hydrogens is 644 g/mol. The molecule has 244 valence electrons. The fourth-order valence-electron chi connectivity index (χ4n) is 2.55. The molecule has 0 spiro atoms. The number of esters is 1. The van der Waals surface area contributed by atoms with Crippen LogP contribution in [0, 0.1) is 0 Å². The van der Waals surface area contributed by atoms with E-state index in [-0.39, 0.29) is 0 Å². The Morgan fingerprint density at radius 3 is 1.27 bits per heavy atom. The molecule has 0 rings (SSSR count). The van der Waals surface area contributed by atoms with E-state index in [0.717, 1.165) is 6.92 Å². The molecule has 0 bridgehead atoms. The van der Waals surface area contributed by atoms with Crippen LogP contribution in [0.1, 0.15) is 20.3 Å². The molecule has 3 nitrogen and oxygen atoms in total. The maximum absolute atomic E-state index is 13.8. The number of rotatable bonds is 13. The smallest absolute Gasteiger partial charge is 0.457 e. The van der Waals surface area contributed by atoms with Crippen LogP contribution in [0.25, 0.3) is 0 Å². The van der Waals surface area contributed by atoms with Crippen molar-refractivity contribution in [2.24, 2.45) is 0 Å². The van der Waals surface area contributed by atoms with E-state index in [1.165, 1.54) is 0 Å². The van der Waals surface area contributed by atoms with Gasteiger partial charge in [0, 0.05) is 12.0 Å². The lowest BCUT2D eigenvalue weighted by atomic mass is 9.81. The summed E-state index contributed by atoms with van der Waals surface area (Å²) in [5.74, 6) is -68.3. The number of carbonyl (C=O) groups excluding carboxylic acids is 1. The van der Waals surface area contributed by atoms with Crippen LogP contribution < -0.4 is 0 Å². The van der Waals surface area contributed by atoms with Crippen molar-refractivity contribution in [1.82, 2.24) is 0 Å². The Morgan fingerprint density at radius 2 is 0.951 bits per heavy atom. The van der Waals surface area contributed by atoms with E-state index >= 15 is 0 Å². The summed E-state index contributed by atoms with van der Waals surface area (Å²) in [5.41, 5.74) is -7.97. The molecule has 23 heteroatoms. The van der Waals surface area contributed by atoms with Gasteiger partial charge in [0.25, 0.3) is 0 Å². The lowest BCUT2D eigenvalue weighted by molar-refractivity contribution is -0.459. The molecule has 41 heavy (non-hydrogen) atoms. The van der Waals surface area contributed by atoms with Crippen molar-refractivity contribution in [1.29, 1.82) is 0 Å². The predicted octanol–water partition coefficient (Wildman–Crippen LogP) is 7.23. The molecule has 0 aliphatic rings. The quantitative estimate of drug-likeness (QED) is 0.129. The van der Waals surface area contributed by atoms with Gasteiger partial charge in [-0.3, -0.25) is 0 Å². The maximum atomic E-state index is 13.8. The van der Waals surface area contributed by atoms with Gasteiger partial charge < -0.3 is 9.84 Å². The second kappa shape index (κ2) is 10.5. The van der Waals surface area contributed by atoms with E-state index < -0.39 is 96.8 Å². The van der Waals surface area contributed by atoms with Crippen LogP contribution in [-0.2, 0) is 9.53 Å². The highest BCUT2D eigenvalue weighted by Crippen LogP contribution is 2.66. The molecule has 1 N–H and O–H groups in total. The highest BCUT2D eigenvalue weighted by atomic mass is 19.4. The SMILES string of the molecule is C=C(C)C(=O)OCC(O)CC(F)(F)C(F)(F)C(F)(F)C(F)(F)C(F)(F)C(F)(F)C(F)(F)C(C)(F)C(F)(F)C(F)(F)F. The molecule has 0 radical (unpaired) electrons. The molecule has 2 atom stereocenters. The molecule has 0 amide bonds. The van der Waals surface area contributed by atoms with Crippen molar-refractivity contribution in [2.75, 3.05) is 6.61 Å². The summed E-state index contributed by atoms with van der Waals surface area (Å²) in [7, 11) is 0. The predicted molar refractivity (Wildman–Crippen MR) is 91.5 cm³/mol. The van der Waals surface area contributed by atoms with E-state index in [0.29, 0.717) is 0 Å². The molecule has 0 aromatic rings. The first kappa shape index (κ1) is 38.8. The molecule has 0 heterocycles. The average Bonchev–Trinajstić information content (AvgIpc) is 2.74. The molecule has 0 aliphatic carbocycles. The lowest BCUT2D eigenvalue weighted by Crippen LogP contribution is -2.77. The Hall–Kier alpha value is -2.23. The minimum absolute atomic E-state index is 0.558. The highest BCUT2D eigenvalue weighted by Gasteiger charge is 2.96. The van der Waals surface area contributed by atoms with Gasteiger partial charge in [-0.1, -0.05) is 6.58 Å². The number of hydrogen-bond donors (Lipinski definition) is 1. The largest absolute Gasteiger partial charge is 0.460 e. The van der Waals surface area contributed by atoms with Crippen molar-refractivity contribution >= 4 is 5.97 Å². The topological polar surface area (TPSA) is 46.5 Å². The van der Waals surface area contributed by atoms with Gasteiger partial charge in [-0.2, -0.15) is 83.4 Å². The van der Waals surface area contributed by atoms with Crippen molar-refractivity contribution in [3.05, 3.63) is 12.2 Å². The van der Waals surface area contributed by atoms with Gasteiger partial charge in [-0.05, 0) is 13.8 Å². The lowest BCUT2D eigenvalue weighted by Gasteiger charge is -2.46. The van der Waals surface area contributed by atoms with Crippen LogP contribution in [0.15, 0.2) is 12.2 Å². The zero-order valence-electron chi connectivity index (χ0n) is 19.5. The Balaban J connectivity index is 6.76. The summed E-state index contributed by atoms with van der Waals surface area (Å²) < 4.78 is 274. The van der Waals surface area contributed by atoms with E-state index in [9.17, 15) is 92.6 Å². The number of alkyl halides is 20. The van der Waals surface area contributed by atoms with Crippen molar-refractivity contribution in [3.63, 3.8) is 0 Å². The Kier molecular flexibility index (Phi) is 9.92. The third-order valence-electron chi connectivity index (χ3n) is 5.21. The number of ether oxygens (including phenoxy) is 1. The van der Waals surface area contributed by atoms with Crippen LogP contribution in [0.3, 0.4) is 0 Å². The van der Waals surface area contributed by atoms with Crippen LogP contribution in [-0.4, -0.2) is 83.0 Å². The molecule has 0 aromatic carbocycles. The van der Waals surface area contributed by atoms with Crippen molar-refractivity contribution in [2.45, 2.75) is 85.6 Å².